The highest BCUT2D eigenvalue weighted by molar-refractivity contribution is 6.30. The van der Waals surface area contributed by atoms with Crippen LogP contribution in [0.3, 0.4) is 0 Å². The van der Waals surface area contributed by atoms with Gasteiger partial charge in [-0.05, 0) is 24.3 Å². The molecule has 5 heteroatoms. The monoisotopic (exact) mass is 310 g/mol. The minimum absolute atomic E-state index is 0.0373. The molecule has 2 heterocycles. The van der Waals surface area contributed by atoms with Gasteiger partial charge < -0.3 is 0 Å². The van der Waals surface area contributed by atoms with Gasteiger partial charge in [0.15, 0.2) is 0 Å². The lowest BCUT2D eigenvalue weighted by Crippen LogP contribution is -2.25. The number of carbonyl (C=O) groups is 1. The highest BCUT2D eigenvalue weighted by Gasteiger charge is 2.17. The average Bonchev–Trinajstić information content (AvgIpc) is 2.58. The summed E-state index contributed by atoms with van der Waals surface area (Å²) in [4.78, 5) is 29.2. The maximum absolute atomic E-state index is 12.7. The molecule has 0 aliphatic heterocycles. The zero-order valence-corrected chi connectivity index (χ0v) is 12.2. The van der Waals surface area contributed by atoms with Crippen LogP contribution in [0.15, 0.2) is 71.7 Å². The summed E-state index contributed by atoms with van der Waals surface area (Å²) in [5.74, 6) is 0.0919. The zero-order chi connectivity index (χ0) is 15.5. The van der Waals surface area contributed by atoms with Crippen LogP contribution in [0.1, 0.15) is 16.1 Å². The van der Waals surface area contributed by atoms with Crippen molar-refractivity contribution in [2.45, 2.75) is 0 Å². The molecule has 3 aromatic rings. The Morgan fingerprint density at radius 1 is 0.955 bits per heavy atom. The Kier molecular flexibility index (Phi) is 3.85. The van der Waals surface area contributed by atoms with Crippen molar-refractivity contribution < 1.29 is 4.79 Å². The third-order valence-electron chi connectivity index (χ3n) is 3.18. The van der Waals surface area contributed by atoms with Gasteiger partial charge in [0.25, 0.3) is 5.56 Å². The van der Waals surface area contributed by atoms with Gasteiger partial charge in [0.05, 0.1) is 5.69 Å². The van der Waals surface area contributed by atoms with Crippen LogP contribution >= 0.6 is 11.6 Å². The first-order valence-electron chi connectivity index (χ1n) is 6.61. The van der Waals surface area contributed by atoms with Gasteiger partial charge >= 0.3 is 0 Å². The SMILES string of the molecule is O=C(c1ccccc1)c1ccc(Cl)c(=O)n1-c1ccccn1. The molecule has 2 aromatic heterocycles. The maximum Gasteiger partial charge on any atom is 0.275 e. The van der Waals surface area contributed by atoms with E-state index in [1.165, 1.54) is 16.7 Å². The first-order valence-corrected chi connectivity index (χ1v) is 6.99. The molecule has 0 aliphatic rings. The smallest absolute Gasteiger partial charge is 0.275 e. The van der Waals surface area contributed by atoms with Crippen LogP contribution in [0.25, 0.3) is 5.82 Å². The summed E-state index contributed by atoms with van der Waals surface area (Å²) >= 11 is 5.91. The molecule has 0 aliphatic carbocycles. The number of benzene rings is 1. The molecule has 3 rings (SSSR count). The number of halogens is 1. The van der Waals surface area contributed by atoms with Crippen molar-refractivity contribution in [1.82, 2.24) is 9.55 Å². The van der Waals surface area contributed by atoms with E-state index in [1.807, 2.05) is 6.07 Å². The molecule has 0 unspecified atom stereocenters. The van der Waals surface area contributed by atoms with Gasteiger partial charge in [-0.15, -0.1) is 0 Å². The molecule has 0 saturated carbocycles. The van der Waals surface area contributed by atoms with E-state index < -0.39 is 5.56 Å². The highest BCUT2D eigenvalue weighted by Crippen LogP contribution is 2.14. The summed E-state index contributed by atoms with van der Waals surface area (Å²) in [5, 5.41) is 0.0373. The summed E-state index contributed by atoms with van der Waals surface area (Å²) < 4.78 is 1.23. The first kappa shape index (κ1) is 14.2. The summed E-state index contributed by atoms with van der Waals surface area (Å²) in [6.07, 6.45) is 1.56. The van der Waals surface area contributed by atoms with Gasteiger partial charge in [-0.1, -0.05) is 48.0 Å². The number of carbonyl (C=O) groups excluding carboxylic acids is 1. The van der Waals surface area contributed by atoms with Crippen molar-refractivity contribution in [3.63, 3.8) is 0 Å². The average molecular weight is 311 g/mol. The fourth-order valence-corrected chi connectivity index (χ4v) is 2.29. The second kappa shape index (κ2) is 5.95. The van der Waals surface area contributed by atoms with Crippen molar-refractivity contribution in [2.75, 3.05) is 0 Å². The number of aromatic nitrogens is 2. The molecule has 0 N–H and O–H groups in total. The quantitative estimate of drug-likeness (QED) is 0.698. The first-order chi connectivity index (χ1) is 10.7. The number of ketones is 1. The lowest BCUT2D eigenvalue weighted by atomic mass is 10.1. The molecule has 0 radical (unpaired) electrons. The second-order valence-electron chi connectivity index (χ2n) is 4.59. The van der Waals surface area contributed by atoms with Crippen LogP contribution in [0.4, 0.5) is 0 Å². The second-order valence-corrected chi connectivity index (χ2v) is 5.00. The van der Waals surface area contributed by atoms with Gasteiger partial charge in [0.1, 0.15) is 10.8 Å². The van der Waals surface area contributed by atoms with E-state index in [-0.39, 0.29) is 16.5 Å². The van der Waals surface area contributed by atoms with Crippen LogP contribution in [0.2, 0.25) is 5.02 Å². The molecule has 0 amide bonds. The van der Waals surface area contributed by atoms with E-state index in [2.05, 4.69) is 4.98 Å². The Balaban J connectivity index is 2.23. The Bertz CT molecular complexity index is 874. The van der Waals surface area contributed by atoms with E-state index in [4.69, 9.17) is 11.6 Å². The van der Waals surface area contributed by atoms with Gasteiger partial charge in [0, 0.05) is 11.8 Å². The summed E-state index contributed by atoms with van der Waals surface area (Å²) in [6.45, 7) is 0. The molecule has 22 heavy (non-hydrogen) atoms. The third-order valence-corrected chi connectivity index (χ3v) is 3.47. The normalized spacial score (nSPS) is 10.4. The van der Waals surface area contributed by atoms with Gasteiger partial charge in [-0.25, -0.2) is 4.98 Å². The van der Waals surface area contributed by atoms with Gasteiger partial charge in [-0.3, -0.25) is 14.2 Å². The summed E-state index contributed by atoms with van der Waals surface area (Å²) in [5.41, 5.74) is 0.246. The van der Waals surface area contributed by atoms with Crippen LogP contribution in [0, 0.1) is 0 Å². The van der Waals surface area contributed by atoms with Crippen molar-refractivity contribution in [3.8, 4) is 5.82 Å². The van der Waals surface area contributed by atoms with Crippen molar-refractivity contribution in [3.05, 3.63) is 93.5 Å². The number of pyridine rings is 2. The zero-order valence-electron chi connectivity index (χ0n) is 11.4. The van der Waals surface area contributed by atoms with Crippen molar-refractivity contribution >= 4 is 17.4 Å². The molecule has 1 aromatic carbocycles. The summed E-state index contributed by atoms with van der Waals surface area (Å²) in [7, 11) is 0. The molecule has 0 bridgehead atoms. The lowest BCUT2D eigenvalue weighted by Gasteiger charge is -2.11. The van der Waals surface area contributed by atoms with Crippen LogP contribution in [-0.4, -0.2) is 15.3 Å². The lowest BCUT2D eigenvalue weighted by molar-refractivity contribution is 0.103. The standard InChI is InChI=1S/C17H11ClN2O2/c18-13-9-10-14(16(21)12-6-2-1-3-7-12)20(17(13)22)15-8-4-5-11-19-15/h1-11H. The number of rotatable bonds is 3. The molecular formula is C17H11ClN2O2. The molecular weight excluding hydrogens is 300 g/mol. The van der Waals surface area contributed by atoms with E-state index >= 15 is 0 Å². The predicted octanol–water partition coefficient (Wildman–Crippen LogP) is 3.12. The van der Waals surface area contributed by atoms with Gasteiger partial charge in [0.2, 0.25) is 5.78 Å². The number of nitrogens with zero attached hydrogens (tertiary/aromatic N) is 2. The van der Waals surface area contributed by atoms with E-state index in [0.717, 1.165) is 0 Å². The fraction of sp³-hybridized carbons (Fsp3) is 0. The van der Waals surface area contributed by atoms with Crippen LogP contribution in [-0.2, 0) is 0 Å². The van der Waals surface area contributed by atoms with E-state index in [1.54, 1.807) is 48.7 Å². The Hall–Kier alpha value is -2.72. The highest BCUT2D eigenvalue weighted by atomic mass is 35.5. The number of hydrogen-bond donors (Lipinski definition) is 0. The molecule has 4 nitrogen and oxygen atoms in total. The van der Waals surface area contributed by atoms with Crippen LogP contribution < -0.4 is 5.56 Å². The van der Waals surface area contributed by atoms with E-state index in [0.29, 0.717) is 11.4 Å². The molecule has 0 saturated heterocycles. The van der Waals surface area contributed by atoms with Crippen molar-refractivity contribution in [1.29, 1.82) is 0 Å². The van der Waals surface area contributed by atoms with Crippen molar-refractivity contribution in [2.24, 2.45) is 0 Å². The topological polar surface area (TPSA) is 52.0 Å². The maximum atomic E-state index is 12.7. The predicted molar refractivity (Wildman–Crippen MR) is 84.7 cm³/mol. The molecule has 0 spiro atoms. The Morgan fingerprint density at radius 2 is 1.68 bits per heavy atom. The molecule has 108 valence electrons. The summed E-state index contributed by atoms with van der Waals surface area (Å²) in [6, 6.07) is 16.9. The van der Waals surface area contributed by atoms with Crippen LogP contribution in [0.5, 0.6) is 0 Å². The molecule has 0 fully saturated rings. The molecule has 0 atom stereocenters. The third kappa shape index (κ3) is 2.56. The van der Waals surface area contributed by atoms with Gasteiger partial charge in [-0.2, -0.15) is 0 Å². The largest absolute Gasteiger partial charge is 0.287 e. The Labute approximate surface area is 131 Å². The minimum atomic E-state index is -0.470. The Morgan fingerprint density at radius 3 is 2.36 bits per heavy atom. The fourth-order valence-electron chi connectivity index (χ4n) is 2.14. The minimum Gasteiger partial charge on any atom is -0.287 e. The number of hydrogen-bond acceptors (Lipinski definition) is 3. The van der Waals surface area contributed by atoms with E-state index in [9.17, 15) is 9.59 Å².